The zero-order chi connectivity index (χ0) is 15.0. The summed E-state index contributed by atoms with van der Waals surface area (Å²) in [4.78, 5) is 26.3. The molecule has 1 aromatic carbocycles. The molecule has 1 saturated carbocycles. The molecule has 1 amide bonds. The highest BCUT2D eigenvalue weighted by molar-refractivity contribution is 6.33. The molecule has 2 atom stereocenters. The minimum atomic E-state index is -0.668. The maximum Gasteiger partial charge on any atom is 0.233 e. The van der Waals surface area contributed by atoms with Gasteiger partial charge in [0.2, 0.25) is 11.9 Å². The second-order valence-electron chi connectivity index (χ2n) is 5.46. The minimum Gasteiger partial charge on any atom is -0.367 e. The number of hydrogen-bond donors (Lipinski definition) is 0. The molecule has 1 saturated heterocycles. The second kappa shape index (κ2) is 5.52. The molecule has 0 spiro atoms. The Hall–Kier alpha value is -1.82. The van der Waals surface area contributed by atoms with Gasteiger partial charge in [-0.15, -0.1) is 0 Å². The van der Waals surface area contributed by atoms with E-state index in [2.05, 4.69) is 4.90 Å². The van der Waals surface area contributed by atoms with Crippen LogP contribution < -0.4 is 4.90 Å². The molecule has 0 N–H and O–H groups in total. The predicted octanol–water partition coefficient (Wildman–Crippen LogP) is 1.65. The maximum absolute atomic E-state index is 12.2. The Morgan fingerprint density at radius 3 is 2.48 bits per heavy atom. The summed E-state index contributed by atoms with van der Waals surface area (Å²) in [6.07, 6.45) is 0.385. The van der Waals surface area contributed by atoms with Gasteiger partial charge in [0.1, 0.15) is 5.92 Å². The van der Waals surface area contributed by atoms with E-state index in [1.165, 1.54) is 0 Å². The highest BCUT2D eigenvalue weighted by atomic mass is 35.5. The first-order chi connectivity index (χ1) is 10.1. The molecule has 3 rings (SSSR count). The molecule has 0 radical (unpaired) electrons. The van der Waals surface area contributed by atoms with E-state index < -0.39 is 12.0 Å². The van der Waals surface area contributed by atoms with Crippen molar-refractivity contribution >= 4 is 23.2 Å². The molecular formula is C14H16ClN3O3. The summed E-state index contributed by atoms with van der Waals surface area (Å²) < 4.78 is 0. The fraction of sp³-hybridized carbons (Fsp3) is 0.500. The number of benzene rings is 1. The number of anilines is 1. The Labute approximate surface area is 127 Å². The number of amides is 1. The van der Waals surface area contributed by atoms with Crippen LogP contribution in [-0.2, 0) is 4.79 Å². The minimum absolute atomic E-state index is 0.0736. The van der Waals surface area contributed by atoms with Gasteiger partial charge in [-0.25, -0.2) is 0 Å². The smallest absolute Gasteiger partial charge is 0.233 e. The Kier molecular flexibility index (Phi) is 3.71. The summed E-state index contributed by atoms with van der Waals surface area (Å²) in [5.74, 6) is -0.484. The number of nitrogens with zero attached hydrogens (tertiary/aromatic N) is 3. The number of piperazine rings is 1. The van der Waals surface area contributed by atoms with E-state index in [4.69, 9.17) is 11.6 Å². The number of nitro groups is 1. The van der Waals surface area contributed by atoms with Gasteiger partial charge in [0.15, 0.2) is 0 Å². The summed E-state index contributed by atoms with van der Waals surface area (Å²) in [5.41, 5.74) is 0.973. The quantitative estimate of drug-likeness (QED) is 0.629. The average Bonchev–Trinajstić information content (AvgIpc) is 3.28. The van der Waals surface area contributed by atoms with E-state index in [9.17, 15) is 14.9 Å². The van der Waals surface area contributed by atoms with Gasteiger partial charge in [-0.1, -0.05) is 23.7 Å². The van der Waals surface area contributed by atoms with Gasteiger partial charge in [-0.3, -0.25) is 14.9 Å². The van der Waals surface area contributed by atoms with Crippen molar-refractivity contribution in [3.05, 3.63) is 39.4 Å². The number of carbonyl (C=O) groups is 1. The Balaban J connectivity index is 1.57. The van der Waals surface area contributed by atoms with Crippen LogP contribution in [0.1, 0.15) is 6.42 Å². The fourth-order valence-electron chi connectivity index (χ4n) is 2.79. The van der Waals surface area contributed by atoms with Crippen LogP contribution in [-0.4, -0.2) is 48.0 Å². The summed E-state index contributed by atoms with van der Waals surface area (Å²) in [6.45, 7) is 2.58. The molecule has 2 unspecified atom stereocenters. The van der Waals surface area contributed by atoms with Crippen LogP contribution in [0.3, 0.4) is 0 Å². The van der Waals surface area contributed by atoms with Crippen LogP contribution in [0, 0.1) is 16.0 Å². The van der Waals surface area contributed by atoms with Crippen LogP contribution in [0.2, 0.25) is 5.02 Å². The van der Waals surface area contributed by atoms with Gasteiger partial charge in [0.05, 0.1) is 10.7 Å². The lowest BCUT2D eigenvalue weighted by molar-refractivity contribution is -0.497. The van der Waals surface area contributed by atoms with Gasteiger partial charge in [0.25, 0.3) is 0 Å². The SMILES string of the molecule is O=C(C1CC1[N+](=O)[O-])N1CCN(c2ccccc2Cl)CC1. The number of para-hydroxylation sites is 1. The van der Waals surface area contributed by atoms with E-state index in [1.807, 2.05) is 24.3 Å². The van der Waals surface area contributed by atoms with Crippen LogP contribution in [0.5, 0.6) is 0 Å². The van der Waals surface area contributed by atoms with Crippen molar-refractivity contribution in [1.29, 1.82) is 0 Å². The number of carbonyl (C=O) groups excluding carboxylic acids is 1. The van der Waals surface area contributed by atoms with Crippen molar-refractivity contribution in [1.82, 2.24) is 4.90 Å². The number of halogens is 1. The van der Waals surface area contributed by atoms with Gasteiger partial charge >= 0.3 is 0 Å². The molecule has 2 fully saturated rings. The molecule has 2 aliphatic rings. The van der Waals surface area contributed by atoms with Crippen molar-refractivity contribution in [2.75, 3.05) is 31.1 Å². The summed E-state index contributed by atoms with van der Waals surface area (Å²) in [5, 5.41) is 11.3. The monoisotopic (exact) mass is 309 g/mol. The fourth-order valence-corrected chi connectivity index (χ4v) is 3.05. The highest BCUT2D eigenvalue weighted by Gasteiger charge is 2.54. The molecule has 1 aliphatic heterocycles. The molecule has 112 valence electrons. The van der Waals surface area contributed by atoms with Crippen LogP contribution in [0.4, 0.5) is 5.69 Å². The molecule has 0 aromatic heterocycles. The van der Waals surface area contributed by atoms with E-state index in [0.29, 0.717) is 37.6 Å². The third-order valence-corrected chi connectivity index (χ3v) is 4.45. The summed E-state index contributed by atoms with van der Waals surface area (Å²) in [7, 11) is 0. The largest absolute Gasteiger partial charge is 0.367 e. The van der Waals surface area contributed by atoms with Crippen LogP contribution in [0.15, 0.2) is 24.3 Å². The Morgan fingerprint density at radius 1 is 1.24 bits per heavy atom. The van der Waals surface area contributed by atoms with Gasteiger partial charge < -0.3 is 9.80 Å². The number of rotatable bonds is 3. The van der Waals surface area contributed by atoms with Crippen molar-refractivity contribution < 1.29 is 9.72 Å². The number of hydrogen-bond acceptors (Lipinski definition) is 4. The lowest BCUT2D eigenvalue weighted by Crippen LogP contribution is -2.49. The molecule has 21 heavy (non-hydrogen) atoms. The predicted molar refractivity (Wildman–Crippen MR) is 79.1 cm³/mol. The standard InChI is InChI=1S/C14H16ClN3O3/c15-11-3-1-2-4-12(11)16-5-7-17(8-6-16)14(19)10-9-13(10)18(20)21/h1-4,10,13H,5-9H2. The first-order valence-electron chi connectivity index (χ1n) is 6.99. The lowest BCUT2D eigenvalue weighted by atomic mass is 10.2. The molecule has 7 heteroatoms. The Bertz CT molecular complexity index is 572. The molecular weight excluding hydrogens is 294 g/mol. The summed E-state index contributed by atoms with van der Waals surface area (Å²) >= 11 is 6.17. The Morgan fingerprint density at radius 2 is 1.90 bits per heavy atom. The molecule has 1 heterocycles. The van der Waals surface area contributed by atoms with Crippen molar-refractivity contribution in [3.8, 4) is 0 Å². The van der Waals surface area contributed by atoms with E-state index in [1.54, 1.807) is 4.90 Å². The van der Waals surface area contributed by atoms with Crippen molar-refractivity contribution in [2.45, 2.75) is 12.5 Å². The highest BCUT2D eigenvalue weighted by Crippen LogP contribution is 2.35. The molecule has 1 aromatic rings. The van der Waals surface area contributed by atoms with E-state index >= 15 is 0 Å². The van der Waals surface area contributed by atoms with E-state index in [-0.39, 0.29) is 10.8 Å². The topological polar surface area (TPSA) is 66.7 Å². The van der Waals surface area contributed by atoms with Crippen molar-refractivity contribution in [2.24, 2.45) is 5.92 Å². The molecule has 1 aliphatic carbocycles. The average molecular weight is 310 g/mol. The molecule has 0 bridgehead atoms. The maximum atomic E-state index is 12.2. The molecule has 6 nitrogen and oxygen atoms in total. The van der Waals surface area contributed by atoms with Crippen LogP contribution in [0.25, 0.3) is 0 Å². The van der Waals surface area contributed by atoms with Gasteiger partial charge in [-0.2, -0.15) is 0 Å². The normalized spacial score (nSPS) is 24.8. The van der Waals surface area contributed by atoms with Crippen molar-refractivity contribution in [3.63, 3.8) is 0 Å². The lowest BCUT2D eigenvalue weighted by Gasteiger charge is -2.36. The zero-order valence-electron chi connectivity index (χ0n) is 11.4. The van der Waals surface area contributed by atoms with E-state index in [0.717, 1.165) is 5.69 Å². The second-order valence-corrected chi connectivity index (χ2v) is 5.87. The third-order valence-electron chi connectivity index (χ3n) is 4.13. The first-order valence-corrected chi connectivity index (χ1v) is 7.37. The zero-order valence-corrected chi connectivity index (χ0v) is 12.2. The van der Waals surface area contributed by atoms with Gasteiger partial charge in [0, 0.05) is 37.5 Å². The third kappa shape index (κ3) is 2.81. The first kappa shape index (κ1) is 14.1. The van der Waals surface area contributed by atoms with Gasteiger partial charge in [-0.05, 0) is 12.1 Å². The summed E-state index contributed by atoms with van der Waals surface area (Å²) in [6, 6.07) is 6.96. The van der Waals surface area contributed by atoms with Crippen LogP contribution >= 0.6 is 11.6 Å².